The average molecular weight is 465 g/mol. The number of carbonyl (C=O) groups excluding carboxylic acids is 2. The zero-order chi connectivity index (χ0) is 22.6. The van der Waals surface area contributed by atoms with Crippen molar-refractivity contribution in [3.05, 3.63) is 86.9 Å². The van der Waals surface area contributed by atoms with Gasteiger partial charge in [-0.05, 0) is 55.1 Å². The first-order chi connectivity index (χ1) is 15.3. The lowest BCUT2D eigenvalue weighted by Gasteiger charge is -2.21. The van der Waals surface area contributed by atoms with Crippen LogP contribution in [0.3, 0.4) is 0 Å². The second kappa shape index (κ2) is 7.65. The van der Waals surface area contributed by atoms with Gasteiger partial charge in [-0.1, -0.05) is 35.1 Å². The number of aliphatic hydroxyl groups is 1. The number of benzene rings is 2. The van der Waals surface area contributed by atoms with Crippen molar-refractivity contribution in [3.63, 3.8) is 0 Å². The summed E-state index contributed by atoms with van der Waals surface area (Å²) >= 11 is 2.51. The Balaban J connectivity index is 1.74. The number of thiazole rings is 1. The van der Waals surface area contributed by atoms with Gasteiger partial charge in [-0.25, -0.2) is 9.37 Å². The smallest absolute Gasteiger partial charge is 0.301 e. The first kappa shape index (κ1) is 20.5. The van der Waals surface area contributed by atoms with Crippen LogP contribution in [0.2, 0.25) is 0 Å². The number of rotatable bonds is 3. The molecular weight excluding hydrogens is 447 g/mol. The number of hydrogen-bond acceptors (Lipinski definition) is 6. The molecule has 2 aromatic heterocycles. The summed E-state index contributed by atoms with van der Waals surface area (Å²) in [4.78, 5) is 32.9. The molecule has 5 nitrogen and oxygen atoms in total. The molecule has 2 aromatic carbocycles. The minimum absolute atomic E-state index is 0.0246. The molecule has 1 aliphatic heterocycles. The number of halogens is 1. The largest absolute Gasteiger partial charge is 0.507 e. The van der Waals surface area contributed by atoms with Gasteiger partial charge in [-0.15, -0.1) is 11.3 Å². The summed E-state index contributed by atoms with van der Waals surface area (Å²) in [5.74, 6) is -2.15. The standard InChI is InChI=1S/C24H17FN2O3S2/c1-12-5-6-13(2)15(10-12)21(28)19-20(17-4-3-9-31-17)27(23(30)22(19)29)24-26-16-8-7-14(25)11-18(16)32-24/h3-11,20,28H,1-2H3/b21-19+. The van der Waals surface area contributed by atoms with E-state index in [9.17, 15) is 19.1 Å². The summed E-state index contributed by atoms with van der Waals surface area (Å²) < 4.78 is 14.3. The van der Waals surface area contributed by atoms with Crippen LogP contribution in [0.5, 0.6) is 0 Å². The minimum Gasteiger partial charge on any atom is -0.507 e. The number of carbonyl (C=O) groups is 2. The van der Waals surface area contributed by atoms with E-state index in [-0.39, 0.29) is 16.5 Å². The van der Waals surface area contributed by atoms with E-state index in [4.69, 9.17) is 0 Å². The lowest BCUT2D eigenvalue weighted by atomic mass is 9.96. The second-order valence-electron chi connectivity index (χ2n) is 7.61. The maximum Gasteiger partial charge on any atom is 0.301 e. The number of nitrogens with zero attached hydrogens (tertiary/aromatic N) is 2. The van der Waals surface area contributed by atoms with Crippen molar-refractivity contribution in [2.75, 3.05) is 4.90 Å². The Bertz CT molecular complexity index is 1420. The molecule has 0 spiro atoms. The van der Waals surface area contributed by atoms with Gasteiger partial charge >= 0.3 is 5.91 Å². The predicted octanol–water partition coefficient (Wildman–Crippen LogP) is 5.74. The van der Waals surface area contributed by atoms with Crippen molar-refractivity contribution in [3.8, 4) is 0 Å². The van der Waals surface area contributed by atoms with E-state index in [0.717, 1.165) is 27.3 Å². The zero-order valence-electron chi connectivity index (χ0n) is 17.1. The van der Waals surface area contributed by atoms with Gasteiger partial charge < -0.3 is 5.11 Å². The normalized spacial score (nSPS) is 18.1. The molecule has 5 rings (SSSR count). The number of ketones is 1. The Morgan fingerprint density at radius 2 is 1.94 bits per heavy atom. The topological polar surface area (TPSA) is 70.5 Å². The van der Waals surface area contributed by atoms with Gasteiger partial charge in [0.2, 0.25) is 0 Å². The number of amides is 1. The monoisotopic (exact) mass is 464 g/mol. The molecular formula is C24H17FN2O3S2. The van der Waals surface area contributed by atoms with Gasteiger partial charge in [-0.3, -0.25) is 14.5 Å². The van der Waals surface area contributed by atoms with Crippen LogP contribution in [0.15, 0.2) is 59.5 Å². The van der Waals surface area contributed by atoms with Crippen molar-refractivity contribution in [2.24, 2.45) is 0 Å². The molecule has 1 saturated heterocycles. The van der Waals surface area contributed by atoms with Crippen molar-refractivity contribution < 1.29 is 19.1 Å². The highest BCUT2D eigenvalue weighted by Crippen LogP contribution is 2.45. The molecule has 0 aliphatic carbocycles. The van der Waals surface area contributed by atoms with E-state index in [1.54, 1.807) is 6.07 Å². The Kier molecular flexibility index (Phi) is 4.91. The maximum absolute atomic E-state index is 13.7. The molecule has 0 saturated carbocycles. The molecule has 1 amide bonds. The highest BCUT2D eigenvalue weighted by atomic mass is 32.1. The molecule has 1 atom stereocenters. The molecule has 160 valence electrons. The molecule has 1 fully saturated rings. The van der Waals surface area contributed by atoms with Gasteiger partial charge in [-0.2, -0.15) is 0 Å². The van der Waals surface area contributed by atoms with Crippen molar-refractivity contribution in [1.29, 1.82) is 0 Å². The molecule has 1 aliphatic rings. The lowest BCUT2D eigenvalue weighted by molar-refractivity contribution is -0.132. The highest BCUT2D eigenvalue weighted by Gasteiger charge is 2.48. The molecule has 1 unspecified atom stereocenters. The Hall–Kier alpha value is -3.36. The first-order valence-electron chi connectivity index (χ1n) is 9.83. The highest BCUT2D eigenvalue weighted by molar-refractivity contribution is 7.22. The van der Waals surface area contributed by atoms with Crippen molar-refractivity contribution in [2.45, 2.75) is 19.9 Å². The quantitative estimate of drug-likeness (QED) is 0.238. The van der Waals surface area contributed by atoms with Crippen LogP contribution < -0.4 is 4.90 Å². The van der Waals surface area contributed by atoms with Crippen molar-refractivity contribution >= 4 is 55.5 Å². The SMILES string of the molecule is Cc1ccc(C)c(/C(O)=C2\C(=O)C(=O)N(c3nc4ccc(F)cc4s3)C2c2cccs2)c1. The number of aromatic nitrogens is 1. The Morgan fingerprint density at radius 1 is 1.12 bits per heavy atom. The fourth-order valence-corrected chi connectivity index (χ4v) is 5.71. The maximum atomic E-state index is 13.7. The number of aliphatic hydroxyl groups excluding tert-OH is 1. The van der Waals surface area contributed by atoms with Crippen LogP contribution in [0.25, 0.3) is 16.0 Å². The summed E-state index contributed by atoms with van der Waals surface area (Å²) in [6, 6.07) is 12.6. The van der Waals surface area contributed by atoms with Crippen LogP contribution >= 0.6 is 22.7 Å². The van der Waals surface area contributed by atoms with Crippen LogP contribution in [0.4, 0.5) is 9.52 Å². The fourth-order valence-electron chi connectivity index (χ4n) is 3.87. The first-order valence-corrected chi connectivity index (χ1v) is 11.5. The van der Waals surface area contributed by atoms with Gasteiger partial charge in [0, 0.05) is 10.4 Å². The molecule has 8 heteroatoms. The summed E-state index contributed by atoms with van der Waals surface area (Å²) in [5.41, 5.74) is 2.78. The number of aryl methyl sites for hydroxylation is 2. The number of hydrogen-bond donors (Lipinski definition) is 1. The van der Waals surface area contributed by atoms with Gasteiger partial charge in [0.15, 0.2) is 5.13 Å². The third kappa shape index (κ3) is 3.23. The van der Waals surface area contributed by atoms with Crippen LogP contribution in [0.1, 0.15) is 27.6 Å². The number of thiophene rings is 1. The molecule has 3 heterocycles. The zero-order valence-corrected chi connectivity index (χ0v) is 18.8. The lowest BCUT2D eigenvalue weighted by Crippen LogP contribution is -2.28. The van der Waals surface area contributed by atoms with E-state index in [2.05, 4.69) is 4.98 Å². The molecule has 32 heavy (non-hydrogen) atoms. The Morgan fingerprint density at radius 3 is 2.69 bits per heavy atom. The molecule has 0 radical (unpaired) electrons. The third-order valence-corrected chi connectivity index (χ3v) is 7.39. The Labute approximate surface area is 191 Å². The summed E-state index contributed by atoms with van der Waals surface area (Å²) in [7, 11) is 0. The minimum atomic E-state index is -0.819. The molecule has 4 aromatic rings. The average Bonchev–Trinajstić information content (AvgIpc) is 3.48. The third-order valence-electron chi connectivity index (χ3n) is 5.45. The predicted molar refractivity (Wildman–Crippen MR) is 125 cm³/mol. The fraction of sp³-hybridized carbons (Fsp3) is 0.125. The summed E-state index contributed by atoms with van der Waals surface area (Å²) in [6.07, 6.45) is 0. The van der Waals surface area contributed by atoms with E-state index < -0.39 is 23.5 Å². The van der Waals surface area contributed by atoms with E-state index in [1.165, 1.54) is 34.4 Å². The molecule has 1 N–H and O–H groups in total. The number of fused-ring (bicyclic) bond motifs is 1. The van der Waals surface area contributed by atoms with Crippen LogP contribution in [-0.2, 0) is 9.59 Å². The van der Waals surface area contributed by atoms with E-state index >= 15 is 0 Å². The van der Waals surface area contributed by atoms with Crippen LogP contribution in [-0.4, -0.2) is 21.8 Å². The summed E-state index contributed by atoms with van der Waals surface area (Å²) in [5, 5.41) is 13.4. The molecule has 0 bridgehead atoms. The number of anilines is 1. The summed E-state index contributed by atoms with van der Waals surface area (Å²) in [6.45, 7) is 3.73. The van der Waals surface area contributed by atoms with Crippen LogP contribution in [0, 0.1) is 19.7 Å². The number of Topliss-reactive ketones (excluding diaryl/α,β-unsaturated/α-hetero) is 1. The van der Waals surface area contributed by atoms with Gasteiger partial charge in [0.25, 0.3) is 5.78 Å². The van der Waals surface area contributed by atoms with Gasteiger partial charge in [0.1, 0.15) is 17.6 Å². The van der Waals surface area contributed by atoms with E-state index in [1.807, 2.05) is 43.5 Å². The second-order valence-corrected chi connectivity index (χ2v) is 9.60. The van der Waals surface area contributed by atoms with Crippen molar-refractivity contribution in [1.82, 2.24) is 4.98 Å². The van der Waals surface area contributed by atoms with E-state index in [0.29, 0.717) is 15.8 Å². The van der Waals surface area contributed by atoms with Gasteiger partial charge in [0.05, 0.1) is 15.8 Å².